The molecule has 0 N–H and O–H groups in total. The molecule has 0 aliphatic carbocycles. The second-order valence-electron chi connectivity index (χ2n) is 7.60. The van der Waals surface area contributed by atoms with Crippen LogP contribution in [0.15, 0.2) is 83.8 Å². The van der Waals surface area contributed by atoms with E-state index in [-0.39, 0.29) is 10.8 Å². The quantitative estimate of drug-likeness (QED) is 0.563. The van der Waals surface area contributed by atoms with Crippen LogP contribution in [0.3, 0.4) is 0 Å². The van der Waals surface area contributed by atoms with Crippen LogP contribution in [0.5, 0.6) is 0 Å². The van der Waals surface area contributed by atoms with Gasteiger partial charge in [0.05, 0.1) is 10.6 Å². The number of sulfonamides is 1. The highest BCUT2D eigenvalue weighted by Crippen LogP contribution is 2.25. The van der Waals surface area contributed by atoms with E-state index >= 15 is 0 Å². The number of para-hydroxylation sites is 1. The Morgan fingerprint density at radius 3 is 2.25 bits per heavy atom. The first-order chi connectivity index (χ1) is 15.4. The summed E-state index contributed by atoms with van der Waals surface area (Å²) >= 11 is 6.01. The minimum atomic E-state index is -3.84. The average Bonchev–Trinajstić information content (AvgIpc) is 2.84. The Hall–Kier alpha value is -3.03. The van der Waals surface area contributed by atoms with Gasteiger partial charge in [0.1, 0.15) is 0 Å². The molecule has 1 aliphatic heterocycles. The molecule has 6 nitrogen and oxygen atoms in total. The van der Waals surface area contributed by atoms with Crippen LogP contribution in [-0.4, -0.2) is 52.5 Å². The average molecular weight is 470 g/mol. The Morgan fingerprint density at radius 1 is 0.875 bits per heavy atom. The van der Waals surface area contributed by atoms with Gasteiger partial charge in [0.2, 0.25) is 0 Å². The molecule has 0 unspecified atom stereocenters. The lowest BCUT2D eigenvalue weighted by molar-refractivity contribution is 0.0746. The third kappa shape index (κ3) is 4.59. The van der Waals surface area contributed by atoms with Crippen molar-refractivity contribution in [1.29, 1.82) is 0 Å². The van der Waals surface area contributed by atoms with Gasteiger partial charge in [-0.1, -0.05) is 41.9 Å². The summed E-state index contributed by atoms with van der Waals surface area (Å²) in [5, 5.41) is 0.447. The molecule has 4 rings (SSSR count). The normalized spacial score (nSPS) is 14.3. The van der Waals surface area contributed by atoms with Crippen LogP contribution in [0.4, 0.5) is 11.4 Å². The van der Waals surface area contributed by atoms with Crippen LogP contribution in [0, 0.1) is 0 Å². The van der Waals surface area contributed by atoms with Crippen LogP contribution in [-0.2, 0) is 10.0 Å². The van der Waals surface area contributed by atoms with Crippen molar-refractivity contribution in [3.8, 4) is 0 Å². The van der Waals surface area contributed by atoms with Crippen molar-refractivity contribution in [2.45, 2.75) is 4.90 Å². The topological polar surface area (TPSA) is 60.9 Å². The van der Waals surface area contributed by atoms with Crippen molar-refractivity contribution in [1.82, 2.24) is 4.90 Å². The molecule has 0 radical (unpaired) electrons. The fourth-order valence-corrected chi connectivity index (χ4v) is 5.17. The third-order valence-corrected chi connectivity index (χ3v) is 7.62. The number of hydrogen-bond acceptors (Lipinski definition) is 4. The van der Waals surface area contributed by atoms with E-state index in [1.54, 1.807) is 41.3 Å². The fraction of sp³-hybridized carbons (Fsp3) is 0.208. The molecule has 1 aliphatic rings. The molecule has 166 valence electrons. The first-order valence-corrected chi connectivity index (χ1v) is 12.1. The van der Waals surface area contributed by atoms with E-state index in [0.717, 1.165) is 18.8 Å². The molecule has 0 atom stereocenters. The van der Waals surface area contributed by atoms with Gasteiger partial charge in [-0.25, -0.2) is 8.42 Å². The smallest absolute Gasteiger partial charge is 0.264 e. The first kappa shape index (κ1) is 22.2. The number of amides is 1. The molecule has 0 saturated carbocycles. The third-order valence-electron chi connectivity index (χ3n) is 5.60. The summed E-state index contributed by atoms with van der Waals surface area (Å²) < 4.78 is 27.5. The minimum Gasteiger partial charge on any atom is -0.368 e. The molecule has 3 aromatic rings. The predicted molar refractivity (Wildman–Crippen MR) is 128 cm³/mol. The highest BCUT2D eigenvalue weighted by molar-refractivity contribution is 7.92. The molecule has 1 heterocycles. The van der Waals surface area contributed by atoms with E-state index in [1.165, 1.54) is 23.5 Å². The van der Waals surface area contributed by atoms with Crippen LogP contribution >= 0.6 is 11.6 Å². The van der Waals surface area contributed by atoms with Crippen LogP contribution in [0.2, 0.25) is 5.02 Å². The van der Waals surface area contributed by atoms with Crippen molar-refractivity contribution < 1.29 is 13.2 Å². The molecule has 8 heteroatoms. The monoisotopic (exact) mass is 469 g/mol. The van der Waals surface area contributed by atoms with Crippen molar-refractivity contribution in [2.75, 3.05) is 42.4 Å². The summed E-state index contributed by atoms with van der Waals surface area (Å²) in [6.07, 6.45) is 0. The summed E-state index contributed by atoms with van der Waals surface area (Å²) in [6.45, 7) is 2.61. The van der Waals surface area contributed by atoms with E-state index in [0.29, 0.717) is 29.4 Å². The van der Waals surface area contributed by atoms with Gasteiger partial charge in [0.25, 0.3) is 15.9 Å². The van der Waals surface area contributed by atoms with Gasteiger partial charge in [0.15, 0.2) is 0 Å². The van der Waals surface area contributed by atoms with Crippen molar-refractivity contribution in [2.24, 2.45) is 0 Å². The second kappa shape index (κ2) is 9.22. The molecule has 32 heavy (non-hydrogen) atoms. The summed E-state index contributed by atoms with van der Waals surface area (Å²) in [5.41, 5.74) is 1.95. The van der Waals surface area contributed by atoms with Gasteiger partial charge in [-0.05, 0) is 48.5 Å². The predicted octanol–water partition coefficient (Wildman–Crippen LogP) is 4.13. The van der Waals surface area contributed by atoms with Gasteiger partial charge in [0, 0.05) is 49.5 Å². The number of benzene rings is 3. The Balaban J connectivity index is 1.49. The van der Waals surface area contributed by atoms with E-state index in [9.17, 15) is 13.2 Å². The van der Waals surface area contributed by atoms with E-state index in [4.69, 9.17) is 11.6 Å². The number of halogens is 1. The molecule has 3 aromatic carbocycles. The van der Waals surface area contributed by atoms with Gasteiger partial charge >= 0.3 is 0 Å². The van der Waals surface area contributed by atoms with E-state index in [2.05, 4.69) is 17.0 Å². The van der Waals surface area contributed by atoms with Crippen LogP contribution in [0.25, 0.3) is 0 Å². The molecule has 0 aromatic heterocycles. The zero-order valence-electron chi connectivity index (χ0n) is 17.7. The summed E-state index contributed by atoms with van der Waals surface area (Å²) in [6, 6.07) is 22.9. The largest absolute Gasteiger partial charge is 0.368 e. The maximum absolute atomic E-state index is 13.1. The highest BCUT2D eigenvalue weighted by atomic mass is 35.5. The Bertz CT molecular complexity index is 1210. The molecule has 1 fully saturated rings. The number of carbonyl (C=O) groups is 1. The molecule has 0 bridgehead atoms. The van der Waals surface area contributed by atoms with Gasteiger partial charge < -0.3 is 9.80 Å². The summed E-state index contributed by atoms with van der Waals surface area (Å²) in [7, 11) is -2.37. The lowest BCUT2D eigenvalue weighted by Crippen LogP contribution is -2.48. The van der Waals surface area contributed by atoms with Gasteiger partial charge in [-0.15, -0.1) is 0 Å². The maximum Gasteiger partial charge on any atom is 0.264 e. The number of hydrogen-bond donors (Lipinski definition) is 0. The first-order valence-electron chi connectivity index (χ1n) is 10.3. The molecular weight excluding hydrogens is 446 g/mol. The molecule has 1 saturated heterocycles. The van der Waals surface area contributed by atoms with Crippen LogP contribution < -0.4 is 9.21 Å². The number of rotatable bonds is 5. The molecule has 1 amide bonds. The highest BCUT2D eigenvalue weighted by Gasteiger charge is 2.26. The standard InChI is InChI=1S/C24H24ClN3O3S/c1-26(22-11-6-8-20(25)18-22)32(30,31)23-12-5-7-19(17-23)24(29)28-15-13-27(14-16-28)21-9-3-2-4-10-21/h2-12,17-18H,13-16H2,1H3. The summed E-state index contributed by atoms with van der Waals surface area (Å²) in [5.74, 6) is -0.167. The lowest BCUT2D eigenvalue weighted by Gasteiger charge is -2.36. The Kier molecular flexibility index (Phi) is 6.39. The summed E-state index contributed by atoms with van der Waals surface area (Å²) in [4.78, 5) is 17.2. The SMILES string of the molecule is CN(c1cccc(Cl)c1)S(=O)(=O)c1cccc(C(=O)N2CCN(c3ccccc3)CC2)c1. The van der Waals surface area contributed by atoms with Crippen molar-refractivity contribution in [3.05, 3.63) is 89.4 Å². The number of anilines is 2. The van der Waals surface area contributed by atoms with Crippen LogP contribution in [0.1, 0.15) is 10.4 Å². The van der Waals surface area contributed by atoms with Crippen molar-refractivity contribution >= 4 is 38.9 Å². The lowest BCUT2D eigenvalue weighted by atomic mass is 10.1. The second-order valence-corrected chi connectivity index (χ2v) is 10.0. The maximum atomic E-state index is 13.1. The van der Waals surface area contributed by atoms with E-state index < -0.39 is 10.0 Å². The van der Waals surface area contributed by atoms with Crippen molar-refractivity contribution in [3.63, 3.8) is 0 Å². The Morgan fingerprint density at radius 2 is 1.56 bits per heavy atom. The zero-order valence-corrected chi connectivity index (χ0v) is 19.3. The number of carbonyl (C=O) groups excluding carboxylic acids is 1. The van der Waals surface area contributed by atoms with E-state index in [1.807, 2.05) is 18.2 Å². The number of nitrogens with zero attached hydrogens (tertiary/aromatic N) is 3. The van der Waals surface area contributed by atoms with Gasteiger partial charge in [-0.2, -0.15) is 0 Å². The van der Waals surface area contributed by atoms with Gasteiger partial charge in [-0.3, -0.25) is 9.10 Å². The zero-order chi connectivity index (χ0) is 22.7. The fourth-order valence-electron chi connectivity index (χ4n) is 3.75. The Labute approximate surface area is 193 Å². The number of piperazine rings is 1. The minimum absolute atomic E-state index is 0.0637. The molecular formula is C24H24ClN3O3S. The molecule has 0 spiro atoms.